The molecule has 0 aliphatic carbocycles. The number of ether oxygens (including phenoxy) is 1. The fourth-order valence-electron chi connectivity index (χ4n) is 4.11. The van der Waals surface area contributed by atoms with Crippen molar-refractivity contribution in [3.8, 4) is 5.75 Å². The third-order valence-corrected chi connectivity index (χ3v) is 6.30. The second-order valence-corrected chi connectivity index (χ2v) is 9.20. The predicted octanol–water partition coefficient (Wildman–Crippen LogP) is 5.96. The molecule has 184 valence electrons. The number of methoxy groups -OCH3 is 1. The molecule has 1 aliphatic heterocycles. The van der Waals surface area contributed by atoms with Gasteiger partial charge in [0.1, 0.15) is 16.5 Å². The van der Waals surface area contributed by atoms with Crippen molar-refractivity contribution in [1.82, 2.24) is 0 Å². The van der Waals surface area contributed by atoms with Gasteiger partial charge in [-0.3, -0.25) is 14.4 Å². The van der Waals surface area contributed by atoms with Crippen LogP contribution in [0.4, 0.5) is 17.1 Å². The van der Waals surface area contributed by atoms with E-state index in [0.29, 0.717) is 16.3 Å². The van der Waals surface area contributed by atoms with Gasteiger partial charge in [0.05, 0.1) is 12.8 Å². The van der Waals surface area contributed by atoms with Gasteiger partial charge in [0.15, 0.2) is 0 Å². The van der Waals surface area contributed by atoms with E-state index in [0.717, 1.165) is 27.3 Å². The van der Waals surface area contributed by atoms with Crippen LogP contribution in [0.25, 0.3) is 0 Å². The van der Waals surface area contributed by atoms with E-state index >= 15 is 0 Å². The second-order valence-electron chi connectivity index (χ2n) is 8.38. The van der Waals surface area contributed by atoms with Gasteiger partial charge in [0, 0.05) is 22.0 Å². The van der Waals surface area contributed by atoms with E-state index in [1.54, 1.807) is 36.4 Å². The molecule has 4 rings (SSSR count). The average Bonchev–Trinajstić information content (AvgIpc) is 3.04. The molecule has 0 aromatic heterocycles. The highest BCUT2D eigenvalue weighted by atomic mass is 35.5. The van der Waals surface area contributed by atoms with Gasteiger partial charge in [-0.25, -0.2) is 4.90 Å². The molecule has 1 heterocycles. The standard InChI is InChI=1S/C27H23Cl2N3O4/c1-14-10-15(2)23(16(3)11-14)31-25(33)17-6-5-7-19(12-17)30-24-22(29)26(34)32(27(24)35)20-13-18(28)8-9-21(20)36-4/h5-13,30H,1-4H3,(H,31,33). The number of anilines is 3. The quantitative estimate of drug-likeness (QED) is 0.389. The first-order chi connectivity index (χ1) is 17.1. The lowest BCUT2D eigenvalue weighted by Crippen LogP contribution is -2.32. The van der Waals surface area contributed by atoms with Crippen LogP contribution in [0.3, 0.4) is 0 Å². The maximum Gasteiger partial charge on any atom is 0.283 e. The SMILES string of the molecule is COc1ccc(Cl)cc1N1C(=O)C(Cl)=C(Nc2cccc(C(=O)Nc3c(C)cc(C)cc3C)c2)C1=O. The van der Waals surface area contributed by atoms with Crippen molar-refractivity contribution in [3.63, 3.8) is 0 Å². The zero-order chi connectivity index (χ0) is 26.1. The van der Waals surface area contributed by atoms with Crippen LogP contribution in [0.1, 0.15) is 27.0 Å². The first-order valence-corrected chi connectivity index (χ1v) is 11.7. The average molecular weight is 524 g/mol. The van der Waals surface area contributed by atoms with Crippen LogP contribution in [0.5, 0.6) is 5.75 Å². The number of halogens is 2. The summed E-state index contributed by atoms with van der Waals surface area (Å²) in [5.41, 5.74) is 4.60. The van der Waals surface area contributed by atoms with Crippen molar-refractivity contribution >= 4 is 58.0 Å². The monoisotopic (exact) mass is 523 g/mol. The Morgan fingerprint density at radius 1 is 0.917 bits per heavy atom. The fourth-order valence-corrected chi connectivity index (χ4v) is 4.49. The maximum atomic E-state index is 13.2. The topological polar surface area (TPSA) is 87.7 Å². The summed E-state index contributed by atoms with van der Waals surface area (Å²) in [5, 5.41) is 5.88. The number of benzene rings is 3. The van der Waals surface area contributed by atoms with Gasteiger partial charge in [-0.1, -0.05) is 47.0 Å². The molecule has 0 saturated heterocycles. The first kappa shape index (κ1) is 25.3. The number of carbonyl (C=O) groups excluding carboxylic acids is 3. The van der Waals surface area contributed by atoms with Crippen LogP contribution < -0.4 is 20.3 Å². The molecule has 0 bridgehead atoms. The van der Waals surface area contributed by atoms with E-state index < -0.39 is 11.8 Å². The zero-order valence-electron chi connectivity index (χ0n) is 20.0. The molecule has 3 amide bonds. The van der Waals surface area contributed by atoms with E-state index in [1.807, 2.05) is 32.9 Å². The van der Waals surface area contributed by atoms with Gasteiger partial charge in [-0.2, -0.15) is 0 Å². The largest absolute Gasteiger partial charge is 0.495 e. The molecule has 0 fully saturated rings. The Bertz CT molecular complexity index is 1430. The first-order valence-electron chi connectivity index (χ1n) is 11.0. The number of aryl methyl sites for hydroxylation is 3. The molecule has 0 radical (unpaired) electrons. The number of carbonyl (C=O) groups is 3. The van der Waals surface area contributed by atoms with Crippen LogP contribution >= 0.6 is 23.2 Å². The lowest BCUT2D eigenvalue weighted by Gasteiger charge is -2.18. The fraction of sp³-hybridized carbons (Fsp3) is 0.148. The summed E-state index contributed by atoms with van der Waals surface area (Å²) in [6.07, 6.45) is 0. The molecular weight excluding hydrogens is 501 g/mol. The summed E-state index contributed by atoms with van der Waals surface area (Å²) >= 11 is 12.3. The Hall–Kier alpha value is -3.81. The third kappa shape index (κ3) is 4.80. The summed E-state index contributed by atoms with van der Waals surface area (Å²) in [6, 6.07) is 15.1. The summed E-state index contributed by atoms with van der Waals surface area (Å²) in [5.74, 6) is -1.42. The summed E-state index contributed by atoms with van der Waals surface area (Å²) < 4.78 is 5.28. The Kier molecular flexibility index (Phi) is 7.06. The normalized spacial score (nSPS) is 13.3. The number of imide groups is 1. The van der Waals surface area contributed by atoms with Crippen LogP contribution in [-0.4, -0.2) is 24.8 Å². The molecule has 0 atom stereocenters. The minimum atomic E-state index is -0.719. The van der Waals surface area contributed by atoms with Crippen molar-refractivity contribution in [2.24, 2.45) is 0 Å². The Balaban J connectivity index is 1.58. The minimum Gasteiger partial charge on any atom is -0.495 e. The summed E-state index contributed by atoms with van der Waals surface area (Å²) in [4.78, 5) is 39.9. The molecular formula is C27H23Cl2N3O4. The zero-order valence-corrected chi connectivity index (χ0v) is 21.5. The molecule has 0 spiro atoms. The van der Waals surface area contributed by atoms with Crippen molar-refractivity contribution in [3.05, 3.63) is 92.6 Å². The predicted molar refractivity (Wildman–Crippen MR) is 142 cm³/mol. The Morgan fingerprint density at radius 2 is 1.61 bits per heavy atom. The van der Waals surface area contributed by atoms with Gasteiger partial charge in [0.2, 0.25) is 0 Å². The minimum absolute atomic E-state index is 0.119. The molecule has 3 aromatic rings. The molecule has 7 nitrogen and oxygen atoms in total. The number of rotatable bonds is 6. The lowest BCUT2D eigenvalue weighted by atomic mass is 10.0. The molecule has 2 N–H and O–H groups in total. The van der Waals surface area contributed by atoms with E-state index in [-0.39, 0.29) is 28.1 Å². The Morgan fingerprint density at radius 3 is 2.28 bits per heavy atom. The van der Waals surface area contributed by atoms with Gasteiger partial charge >= 0.3 is 0 Å². The number of nitrogens with one attached hydrogen (secondary N) is 2. The Labute approximate surface area is 218 Å². The number of amides is 3. The molecule has 36 heavy (non-hydrogen) atoms. The smallest absolute Gasteiger partial charge is 0.283 e. The summed E-state index contributed by atoms with van der Waals surface area (Å²) in [6.45, 7) is 5.87. The second kappa shape index (κ2) is 10.0. The van der Waals surface area contributed by atoms with Crippen molar-refractivity contribution < 1.29 is 19.1 Å². The number of hydrogen-bond donors (Lipinski definition) is 2. The van der Waals surface area contributed by atoms with E-state index in [2.05, 4.69) is 10.6 Å². The molecule has 9 heteroatoms. The van der Waals surface area contributed by atoms with Gasteiger partial charge in [-0.05, 0) is 68.3 Å². The molecule has 0 unspecified atom stereocenters. The van der Waals surface area contributed by atoms with Gasteiger partial charge in [0.25, 0.3) is 17.7 Å². The third-order valence-electron chi connectivity index (χ3n) is 5.72. The molecule has 0 saturated carbocycles. The number of hydrogen-bond acceptors (Lipinski definition) is 5. The van der Waals surface area contributed by atoms with Crippen LogP contribution in [-0.2, 0) is 9.59 Å². The highest BCUT2D eigenvalue weighted by Crippen LogP contribution is 2.37. The van der Waals surface area contributed by atoms with Gasteiger partial charge < -0.3 is 15.4 Å². The van der Waals surface area contributed by atoms with E-state index in [9.17, 15) is 14.4 Å². The molecule has 1 aliphatic rings. The maximum absolute atomic E-state index is 13.2. The highest BCUT2D eigenvalue weighted by Gasteiger charge is 2.40. The van der Waals surface area contributed by atoms with Crippen LogP contribution in [0, 0.1) is 20.8 Å². The van der Waals surface area contributed by atoms with Crippen molar-refractivity contribution in [1.29, 1.82) is 0 Å². The summed E-state index contributed by atoms with van der Waals surface area (Å²) in [7, 11) is 1.42. The number of nitrogens with zero attached hydrogens (tertiary/aromatic N) is 1. The molecule has 3 aromatic carbocycles. The van der Waals surface area contributed by atoms with E-state index in [4.69, 9.17) is 27.9 Å². The van der Waals surface area contributed by atoms with Crippen molar-refractivity contribution in [2.75, 3.05) is 22.6 Å². The van der Waals surface area contributed by atoms with Crippen molar-refractivity contribution in [2.45, 2.75) is 20.8 Å². The highest BCUT2D eigenvalue weighted by molar-refractivity contribution is 6.53. The van der Waals surface area contributed by atoms with Gasteiger partial charge in [-0.15, -0.1) is 0 Å². The lowest BCUT2D eigenvalue weighted by molar-refractivity contribution is -0.120. The van der Waals surface area contributed by atoms with Crippen LogP contribution in [0.15, 0.2) is 65.3 Å². The van der Waals surface area contributed by atoms with E-state index in [1.165, 1.54) is 13.2 Å². The van der Waals surface area contributed by atoms with Crippen LogP contribution in [0.2, 0.25) is 5.02 Å².